The molecule has 2 aliphatic heterocycles. The zero-order valence-electron chi connectivity index (χ0n) is 27.4. The highest BCUT2D eigenvalue weighted by molar-refractivity contribution is 6.05. The maximum Gasteiger partial charge on any atom is 0.249 e. The summed E-state index contributed by atoms with van der Waals surface area (Å²) in [6.45, 7) is -0.0375. The van der Waals surface area contributed by atoms with Crippen LogP contribution in [0.15, 0.2) is 78.9 Å². The van der Waals surface area contributed by atoms with Crippen LogP contribution >= 0.6 is 0 Å². The van der Waals surface area contributed by atoms with E-state index in [4.69, 9.17) is 11.5 Å². The molecule has 0 aliphatic carbocycles. The lowest BCUT2D eigenvalue weighted by Gasteiger charge is -2.35. The molecule has 3 aromatic rings. The molecule has 2 fully saturated rings. The van der Waals surface area contributed by atoms with Crippen LogP contribution < -0.4 is 22.1 Å². The smallest absolute Gasteiger partial charge is 0.249 e. The van der Waals surface area contributed by atoms with E-state index >= 15 is 0 Å². The molecule has 0 unspecified atom stereocenters. The third-order valence-electron chi connectivity index (χ3n) is 9.09. The van der Waals surface area contributed by atoms with Crippen molar-refractivity contribution in [1.82, 2.24) is 20.4 Å². The largest absolute Gasteiger partial charge is 0.508 e. The lowest BCUT2D eigenvalue weighted by Crippen LogP contribution is -2.63. The quantitative estimate of drug-likeness (QED) is 0.213. The van der Waals surface area contributed by atoms with Crippen molar-refractivity contribution < 1.29 is 29.1 Å². The van der Waals surface area contributed by atoms with Gasteiger partial charge in [0.1, 0.15) is 23.9 Å². The molecule has 7 N–H and O–H groups in total. The van der Waals surface area contributed by atoms with E-state index in [1.54, 1.807) is 12.1 Å². The molecule has 0 radical (unpaired) electrons. The third kappa shape index (κ3) is 8.89. The van der Waals surface area contributed by atoms with E-state index in [9.17, 15) is 29.1 Å². The van der Waals surface area contributed by atoms with Gasteiger partial charge in [-0.2, -0.15) is 0 Å². The SMILES string of the molecule is NCCC[C@@H]1C(=O)N[C@@H](Cc2ccc(Cc3ccccc3)cc2)C(=O)N2CCC[C@@H]2C(=O)NCC(=O)N1C(=O)[C@@H](N)Cc1ccc(O)cc1. The van der Waals surface area contributed by atoms with Crippen molar-refractivity contribution in [3.63, 3.8) is 0 Å². The van der Waals surface area contributed by atoms with Gasteiger partial charge in [0.05, 0.1) is 12.6 Å². The maximum atomic E-state index is 14.2. The maximum absolute atomic E-state index is 14.2. The van der Waals surface area contributed by atoms with Crippen LogP contribution in [0.1, 0.15) is 47.9 Å². The number of nitrogens with two attached hydrogens (primary N) is 2. The average molecular weight is 669 g/mol. The molecular weight excluding hydrogens is 624 g/mol. The van der Waals surface area contributed by atoms with Gasteiger partial charge in [-0.3, -0.25) is 28.9 Å². The fraction of sp³-hybridized carbons (Fsp3) is 0.378. The number of hydrogen-bond donors (Lipinski definition) is 5. The van der Waals surface area contributed by atoms with Crippen molar-refractivity contribution >= 4 is 29.5 Å². The third-order valence-corrected chi connectivity index (χ3v) is 9.09. The predicted octanol–water partition coefficient (Wildman–Crippen LogP) is 1.16. The minimum absolute atomic E-state index is 0.0267. The molecule has 2 heterocycles. The van der Waals surface area contributed by atoms with Crippen LogP contribution in [0.5, 0.6) is 5.75 Å². The summed E-state index contributed by atoms with van der Waals surface area (Å²) in [4.78, 5) is 71.5. The number of nitrogens with one attached hydrogen (secondary N) is 2. The Morgan fingerprint density at radius 1 is 0.878 bits per heavy atom. The molecule has 4 atom stereocenters. The first-order chi connectivity index (χ1) is 23.6. The molecule has 3 aromatic carbocycles. The highest BCUT2D eigenvalue weighted by atomic mass is 16.3. The Morgan fingerprint density at radius 3 is 2.22 bits per heavy atom. The van der Waals surface area contributed by atoms with E-state index in [1.165, 1.54) is 17.0 Å². The van der Waals surface area contributed by atoms with Crippen LogP contribution in [0.3, 0.4) is 0 Å². The van der Waals surface area contributed by atoms with Crippen LogP contribution in [-0.2, 0) is 43.2 Å². The molecule has 2 aliphatic rings. The molecule has 5 rings (SSSR count). The van der Waals surface area contributed by atoms with Gasteiger partial charge >= 0.3 is 0 Å². The number of nitrogens with zero attached hydrogens (tertiary/aromatic N) is 2. The summed E-state index contributed by atoms with van der Waals surface area (Å²) in [5, 5.41) is 15.1. The number of amides is 5. The number of imide groups is 1. The normalized spacial score (nSPS) is 20.9. The molecule has 2 saturated heterocycles. The van der Waals surface area contributed by atoms with E-state index in [-0.39, 0.29) is 31.6 Å². The molecule has 0 spiro atoms. The predicted molar refractivity (Wildman–Crippen MR) is 183 cm³/mol. The molecule has 0 aromatic heterocycles. The van der Waals surface area contributed by atoms with Crippen LogP contribution in [0.4, 0.5) is 0 Å². The van der Waals surface area contributed by atoms with Crippen molar-refractivity contribution in [2.45, 2.75) is 69.1 Å². The molecule has 0 bridgehead atoms. The number of rotatable bonds is 10. The van der Waals surface area contributed by atoms with Gasteiger partial charge in [0.25, 0.3) is 0 Å². The van der Waals surface area contributed by atoms with Gasteiger partial charge in [0.15, 0.2) is 0 Å². The monoisotopic (exact) mass is 668 g/mol. The molecule has 12 nitrogen and oxygen atoms in total. The zero-order valence-corrected chi connectivity index (χ0v) is 27.4. The standard InChI is InChI=1S/C37H44N6O6/c38-18-4-8-32-35(47)41-30(22-27-12-10-25(11-13-27)20-24-6-2-1-3-7-24)37(49)42-19-5-9-31(42)34(46)40-23-33(45)43(32)36(48)29(39)21-26-14-16-28(44)17-15-26/h1-3,6-7,10-17,29-32,44H,4-5,8-9,18-23,38-39H2,(H,40,46)(H,41,47)/t29-,30-,31+,32+/m0/s1. The van der Waals surface area contributed by atoms with Crippen LogP contribution in [0.25, 0.3) is 0 Å². The van der Waals surface area contributed by atoms with Crippen molar-refractivity contribution in [2.24, 2.45) is 11.5 Å². The van der Waals surface area contributed by atoms with Crippen LogP contribution in [0, 0.1) is 0 Å². The van der Waals surface area contributed by atoms with E-state index < -0.39 is 60.2 Å². The number of phenols is 1. The summed E-state index contributed by atoms with van der Waals surface area (Å²) in [7, 11) is 0. The van der Waals surface area contributed by atoms with Gasteiger partial charge in [-0.25, -0.2) is 0 Å². The summed E-state index contributed by atoms with van der Waals surface area (Å²) in [6, 6.07) is 19.5. The molecule has 0 saturated carbocycles. The lowest BCUT2D eigenvalue weighted by molar-refractivity contribution is -0.154. The highest BCUT2D eigenvalue weighted by Crippen LogP contribution is 2.22. The van der Waals surface area contributed by atoms with Crippen molar-refractivity contribution in [2.75, 3.05) is 19.6 Å². The topological polar surface area (TPSA) is 188 Å². The number of carbonyl (C=O) groups excluding carboxylic acids is 5. The molecule has 258 valence electrons. The number of aromatic hydroxyl groups is 1. The number of benzene rings is 3. The first-order valence-electron chi connectivity index (χ1n) is 16.7. The summed E-state index contributed by atoms with van der Waals surface area (Å²) >= 11 is 0. The number of phenolic OH excluding ortho intramolecular Hbond substituents is 1. The number of hydrogen-bond acceptors (Lipinski definition) is 8. The van der Waals surface area contributed by atoms with Crippen molar-refractivity contribution in [1.29, 1.82) is 0 Å². The minimum Gasteiger partial charge on any atom is -0.508 e. The van der Waals surface area contributed by atoms with Gasteiger partial charge in [-0.1, -0.05) is 66.7 Å². The van der Waals surface area contributed by atoms with Crippen LogP contribution in [-0.4, -0.2) is 88.2 Å². The Morgan fingerprint density at radius 2 is 1.53 bits per heavy atom. The summed E-state index contributed by atoms with van der Waals surface area (Å²) in [5.74, 6) is -3.15. The Bertz CT molecular complexity index is 1630. The fourth-order valence-electron chi connectivity index (χ4n) is 6.49. The number of carbonyl (C=O) groups is 5. The first kappa shape index (κ1) is 35.2. The average Bonchev–Trinajstić information content (AvgIpc) is 3.60. The zero-order chi connectivity index (χ0) is 34.9. The second kappa shape index (κ2) is 16.4. The highest BCUT2D eigenvalue weighted by Gasteiger charge is 2.42. The number of fused-ring (bicyclic) bond motifs is 1. The van der Waals surface area contributed by atoms with Gasteiger partial charge < -0.3 is 32.1 Å². The Balaban J connectivity index is 1.44. The summed E-state index contributed by atoms with van der Waals surface area (Å²) in [6.07, 6.45) is 2.21. The van der Waals surface area contributed by atoms with Gasteiger partial charge in [0, 0.05) is 13.0 Å². The van der Waals surface area contributed by atoms with E-state index in [2.05, 4.69) is 22.8 Å². The fourth-order valence-corrected chi connectivity index (χ4v) is 6.49. The Kier molecular flexibility index (Phi) is 11.8. The molecule has 49 heavy (non-hydrogen) atoms. The second-order valence-electron chi connectivity index (χ2n) is 12.7. The van der Waals surface area contributed by atoms with Crippen LogP contribution in [0.2, 0.25) is 0 Å². The molecule has 12 heteroatoms. The van der Waals surface area contributed by atoms with Gasteiger partial charge in [0.2, 0.25) is 29.5 Å². The van der Waals surface area contributed by atoms with E-state index in [1.807, 2.05) is 42.5 Å². The van der Waals surface area contributed by atoms with E-state index in [0.29, 0.717) is 31.4 Å². The first-order valence-corrected chi connectivity index (χ1v) is 16.7. The molecular formula is C37H44N6O6. The van der Waals surface area contributed by atoms with Gasteiger partial charge in [-0.05, 0) is 79.5 Å². The van der Waals surface area contributed by atoms with E-state index in [0.717, 1.165) is 28.0 Å². The van der Waals surface area contributed by atoms with Crippen molar-refractivity contribution in [3.05, 3.63) is 101 Å². The molecule has 5 amide bonds. The minimum atomic E-state index is -1.33. The lowest BCUT2D eigenvalue weighted by atomic mass is 9.98. The van der Waals surface area contributed by atoms with Crippen molar-refractivity contribution in [3.8, 4) is 5.75 Å². The Hall–Kier alpha value is -5.07. The second-order valence-corrected chi connectivity index (χ2v) is 12.7. The summed E-state index contributed by atoms with van der Waals surface area (Å²) < 4.78 is 0. The summed E-state index contributed by atoms with van der Waals surface area (Å²) in [5.41, 5.74) is 15.8. The Labute approximate surface area is 285 Å². The van der Waals surface area contributed by atoms with Gasteiger partial charge in [-0.15, -0.1) is 0 Å².